The van der Waals surface area contributed by atoms with E-state index in [1.807, 2.05) is 0 Å². The normalized spacial score (nSPS) is 11.0. The van der Waals surface area contributed by atoms with Crippen molar-refractivity contribution in [2.75, 3.05) is 12.4 Å². The van der Waals surface area contributed by atoms with Gasteiger partial charge in [0.05, 0.1) is 7.11 Å². The van der Waals surface area contributed by atoms with Crippen LogP contribution in [-0.4, -0.2) is 19.6 Å². The first-order chi connectivity index (χ1) is 11.9. The molecule has 0 aliphatic carbocycles. The van der Waals surface area contributed by atoms with Crippen LogP contribution in [0.1, 0.15) is 5.56 Å². The van der Waals surface area contributed by atoms with Gasteiger partial charge < -0.3 is 14.8 Å². The number of ether oxygens (including phenoxy) is 2. The Balaban J connectivity index is 2.12. The highest BCUT2D eigenvalue weighted by molar-refractivity contribution is 6.02. The van der Waals surface area contributed by atoms with E-state index in [0.29, 0.717) is 5.56 Å². The molecule has 0 radical (unpaired) electrons. The van der Waals surface area contributed by atoms with Gasteiger partial charge in [-0.1, -0.05) is 12.1 Å². The van der Waals surface area contributed by atoms with Gasteiger partial charge in [-0.3, -0.25) is 4.79 Å². The molecular weight excluding hydrogens is 342 g/mol. The molecule has 0 aromatic heterocycles. The molecule has 4 nitrogen and oxygen atoms in total. The fourth-order valence-corrected chi connectivity index (χ4v) is 1.94. The summed E-state index contributed by atoms with van der Waals surface area (Å²) in [5.41, 5.74) is -0.127. The summed E-state index contributed by atoms with van der Waals surface area (Å²) in [6.45, 7) is -3.00. The number of para-hydroxylation sites is 1. The highest BCUT2D eigenvalue weighted by Gasteiger charge is 2.12. The van der Waals surface area contributed by atoms with Crippen molar-refractivity contribution in [3.8, 4) is 11.5 Å². The number of anilines is 1. The van der Waals surface area contributed by atoms with Crippen molar-refractivity contribution in [3.63, 3.8) is 0 Å². The van der Waals surface area contributed by atoms with E-state index < -0.39 is 29.8 Å². The summed E-state index contributed by atoms with van der Waals surface area (Å²) in [5, 5.41) is 2.08. The molecule has 0 saturated carbocycles. The van der Waals surface area contributed by atoms with Crippen LogP contribution in [0.2, 0.25) is 0 Å². The molecule has 0 unspecified atom stereocenters. The zero-order chi connectivity index (χ0) is 18.4. The SMILES string of the molecule is COc1cc(C=CC(=O)Nc2c(F)cccc2F)ccc1OC(F)F. The number of rotatable bonds is 6. The lowest BCUT2D eigenvalue weighted by molar-refractivity contribution is -0.111. The van der Waals surface area contributed by atoms with Crippen LogP contribution in [0.25, 0.3) is 6.08 Å². The summed E-state index contributed by atoms with van der Waals surface area (Å²) in [7, 11) is 1.27. The van der Waals surface area contributed by atoms with Crippen LogP contribution in [0.15, 0.2) is 42.5 Å². The molecule has 0 spiro atoms. The fraction of sp³-hybridized carbons (Fsp3) is 0.118. The monoisotopic (exact) mass is 355 g/mol. The smallest absolute Gasteiger partial charge is 0.387 e. The second-order valence-electron chi connectivity index (χ2n) is 4.71. The van der Waals surface area contributed by atoms with Crippen molar-refractivity contribution in [1.82, 2.24) is 0 Å². The van der Waals surface area contributed by atoms with Gasteiger partial charge in [-0.2, -0.15) is 8.78 Å². The Hall–Kier alpha value is -3.03. The van der Waals surface area contributed by atoms with Gasteiger partial charge in [0.15, 0.2) is 11.5 Å². The van der Waals surface area contributed by atoms with Crippen LogP contribution in [0, 0.1) is 11.6 Å². The van der Waals surface area contributed by atoms with E-state index in [2.05, 4.69) is 10.1 Å². The standard InChI is InChI=1S/C17H13F4NO3/c1-24-14-9-10(5-7-13(14)25-17(20)21)6-8-15(23)22-16-11(18)3-2-4-12(16)19/h2-9,17H,1H3,(H,22,23). The van der Waals surface area contributed by atoms with E-state index >= 15 is 0 Å². The second kappa shape index (κ2) is 8.18. The summed E-state index contributed by atoms with van der Waals surface area (Å²) < 4.78 is 60.6. The summed E-state index contributed by atoms with van der Waals surface area (Å²) in [6.07, 6.45) is 2.36. The van der Waals surface area contributed by atoms with Crippen molar-refractivity contribution in [1.29, 1.82) is 0 Å². The van der Waals surface area contributed by atoms with Gasteiger partial charge in [-0.15, -0.1) is 0 Å². The van der Waals surface area contributed by atoms with Crippen molar-refractivity contribution in [3.05, 3.63) is 59.7 Å². The lowest BCUT2D eigenvalue weighted by atomic mass is 10.2. The predicted molar refractivity (Wildman–Crippen MR) is 83.6 cm³/mol. The van der Waals surface area contributed by atoms with E-state index in [1.54, 1.807) is 0 Å². The number of amides is 1. The van der Waals surface area contributed by atoms with Gasteiger partial charge in [-0.25, -0.2) is 8.78 Å². The van der Waals surface area contributed by atoms with Crippen molar-refractivity contribution < 1.29 is 31.8 Å². The quantitative estimate of drug-likeness (QED) is 0.623. The Bertz CT molecular complexity index is 773. The summed E-state index contributed by atoms with van der Waals surface area (Å²) >= 11 is 0. The molecule has 8 heteroatoms. The highest BCUT2D eigenvalue weighted by Crippen LogP contribution is 2.29. The van der Waals surface area contributed by atoms with E-state index in [4.69, 9.17) is 4.74 Å². The Morgan fingerprint density at radius 1 is 1.12 bits per heavy atom. The van der Waals surface area contributed by atoms with E-state index in [-0.39, 0.29) is 11.5 Å². The van der Waals surface area contributed by atoms with E-state index in [0.717, 1.165) is 18.2 Å². The topological polar surface area (TPSA) is 47.6 Å². The summed E-state index contributed by atoms with van der Waals surface area (Å²) in [4.78, 5) is 11.8. The van der Waals surface area contributed by atoms with Crippen LogP contribution in [0.4, 0.5) is 23.2 Å². The van der Waals surface area contributed by atoms with Gasteiger partial charge in [0.1, 0.15) is 17.3 Å². The third-order valence-electron chi connectivity index (χ3n) is 3.04. The van der Waals surface area contributed by atoms with Gasteiger partial charge in [0, 0.05) is 6.08 Å². The van der Waals surface area contributed by atoms with Gasteiger partial charge >= 0.3 is 6.61 Å². The Kier molecular flexibility index (Phi) is 5.99. The number of hydrogen-bond acceptors (Lipinski definition) is 3. The number of carbonyl (C=O) groups excluding carboxylic acids is 1. The maximum absolute atomic E-state index is 13.5. The van der Waals surface area contributed by atoms with Gasteiger partial charge in [0.25, 0.3) is 0 Å². The Morgan fingerprint density at radius 3 is 2.40 bits per heavy atom. The average molecular weight is 355 g/mol. The van der Waals surface area contributed by atoms with Crippen molar-refractivity contribution in [2.45, 2.75) is 6.61 Å². The number of halogens is 4. The van der Waals surface area contributed by atoms with Gasteiger partial charge in [-0.05, 0) is 35.9 Å². The molecule has 2 aromatic carbocycles. The molecule has 2 rings (SSSR count). The fourth-order valence-electron chi connectivity index (χ4n) is 1.94. The van der Waals surface area contributed by atoms with Crippen LogP contribution in [0.5, 0.6) is 11.5 Å². The molecule has 0 heterocycles. The third kappa shape index (κ3) is 4.97. The summed E-state index contributed by atoms with van der Waals surface area (Å²) in [5.74, 6) is -2.69. The maximum atomic E-state index is 13.5. The number of carbonyl (C=O) groups is 1. The van der Waals surface area contributed by atoms with Crippen molar-refractivity contribution in [2.24, 2.45) is 0 Å². The molecule has 1 amide bonds. The predicted octanol–water partition coefficient (Wildman–Crippen LogP) is 4.23. The molecule has 2 aromatic rings. The number of hydrogen-bond donors (Lipinski definition) is 1. The molecule has 0 aliphatic heterocycles. The first kappa shape index (κ1) is 18.3. The minimum Gasteiger partial charge on any atom is -0.493 e. The lowest BCUT2D eigenvalue weighted by Crippen LogP contribution is -2.10. The van der Waals surface area contributed by atoms with E-state index in [9.17, 15) is 22.4 Å². The van der Waals surface area contributed by atoms with Crippen LogP contribution in [-0.2, 0) is 4.79 Å². The lowest BCUT2D eigenvalue weighted by Gasteiger charge is -2.10. The minimum atomic E-state index is -3.00. The minimum absolute atomic E-state index is 0.0445. The third-order valence-corrected chi connectivity index (χ3v) is 3.04. The van der Waals surface area contributed by atoms with Gasteiger partial charge in [0.2, 0.25) is 5.91 Å². The Morgan fingerprint density at radius 2 is 1.80 bits per heavy atom. The van der Waals surface area contributed by atoms with E-state index in [1.165, 1.54) is 37.5 Å². The van der Waals surface area contributed by atoms with Crippen LogP contribution < -0.4 is 14.8 Å². The zero-order valence-corrected chi connectivity index (χ0v) is 12.9. The van der Waals surface area contributed by atoms with Crippen LogP contribution in [0.3, 0.4) is 0 Å². The van der Waals surface area contributed by atoms with Crippen LogP contribution >= 0.6 is 0 Å². The number of alkyl halides is 2. The maximum Gasteiger partial charge on any atom is 0.387 e. The molecule has 0 aliphatic rings. The Labute approximate surface area is 140 Å². The molecule has 1 N–H and O–H groups in total. The molecule has 132 valence electrons. The second-order valence-corrected chi connectivity index (χ2v) is 4.71. The highest BCUT2D eigenvalue weighted by atomic mass is 19.3. The molecule has 0 atom stereocenters. The number of methoxy groups -OCH3 is 1. The molecule has 0 fully saturated rings. The first-order valence-electron chi connectivity index (χ1n) is 6.96. The summed E-state index contributed by atoms with van der Waals surface area (Å²) in [6, 6.07) is 7.22. The molecule has 0 saturated heterocycles. The number of benzene rings is 2. The van der Waals surface area contributed by atoms with Crippen molar-refractivity contribution >= 4 is 17.7 Å². The molecule has 25 heavy (non-hydrogen) atoms. The zero-order valence-electron chi connectivity index (χ0n) is 12.9. The number of nitrogens with one attached hydrogen (secondary N) is 1. The molecular formula is C17H13F4NO3. The first-order valence-corrected chi connectivity index (χ1v) is 6.96. The largest absolute Gasteiger partial charge is 0.493 e. The molecule has 0 bridgehead atoms. The average Bonchev–Trinajstić information content (AvgIpc) is 2.57.